The summed E-state index contributed by atoms with van der Waals surface area (Å²) >= 11 is 8.55. The van der Waals surface area contributed by atoms with Crippen molar-refractivity contribution >= 4 is 38.8 Å². The molecule has 0 aliphatic heterocycles. The molecule has 0 aliphatic rings. The molecule has 0 aromatic heterocycles. The summed E-state index contributed by atoms with van der Waals surface area (Å²) in [6, 6.07) is 16.8. The zero-order chi connectivity index (χ0) is 15.2. The van der Waals surface area contributed by atoms with Crippen molar-refractivity contribution < 1.29 is 0 Å². The van der Waals surface area contributed by atoms with Crippen LogP contribution < -0.4 is 11.1 Å². The predicted octanol–water partition coefficient (Wildman–Crippen LogP) is 4.52. The molecule has 21 heavy (non-hydrogen) atoms. The average Bonchev–Trinajstić information content (AvgIpc) is 2.48. The van der Waals surface area contributed by atoms with Crippen molar-refractivity contribution in [2.75, 3.05) is 5.32 Å². The third kappa shape index (κ3) is 4.83. The molecule has 0 aliphatic carbocycles. The summed E-state index contributed by atoms with van der Waals surface area (Å²) in [5, 5.41) is 3.52. The van der Waals surface area contributed by atoms with Gasteiger partial charge in [-0.25, -0.2) is 0 Å². The fourth-order valence-corrected chi connectivity index (χ4v) is 2.77. The first-order valence-corrected chi connectivity index (χ1v) is 8.16. The summed E-state index contributed by atoms with van der Waals surface area (Å²) in [6.07, 6.45) is 2.14. The quantitative estimate of drug-likeness (QED) is 0.742. The number of nitrogens with one attached hydrogen (secondary N) is 1. The van der Waals surface area contributed by atoms with Gasteiger partial charge in [0.05, 0.1) is 0 Å². The lowest BCUT2D eigenvalue weighted by atomic mass is 10.1. The van der Waals surface area contributed by atoms with Crippen LogP contribution in [0.25, 0.3) is 0 Å². The molecule has 2 nitrogen and oxygen atoms in total. The van der Waals surface area contributed by atoms with Gasteiger partial charge in [-0.05, 0) is 59.5 Å². The topological polar surface area (TPSA) is 38.0 Å². The normalized spacial score (nSPS) is 11.9. The van der Waals surface area contributed by atoms with Crippen molar-refractivity contribution in [2.45, 2.75) is 25.8 Å². The molecule has 1 atom stereocenters. The molecule has 0 fully saturated rings. The van der Waals surface area contributed by atoms with Crippen LogP contribution >= 0.6 is 28.1 Å². The van der Waals surface area contributed by atoms with Gasteiger partial charge in [-0.1, -0.05) is 42.5 Å². The molecule has 0 spiro atoms. The first-order valence-electron chi connectivity index (χ1n) is 6.96. The van der Waals surface area contributed by atoms with Crippen LogP contribution in [0, 0.1) is 0 Å². The summed E-state index contributed by atoms with van der Waals surface area (Å²) < 4.78 is 0.986. The standard InChI is InChI=1S/C17H19BrN2S/c1-12(7-8-13-5-3-2-4-6-13)20-16-10-9-14(17(19)21)11-15(16)18/h2-6,9-12,20H,7-8H2,1H3,(H2,19,21). The molecule has 2 aromatic carbocycles. The molecule has 0 heterocycles. The fraction of sp³-hybridized carbons (Fsp3) is 0.235. The van der Waals surface area contributed by atoms with Crippen molar-refractivity contribution in [2.24, 2.45) is 5.73 Å². The van der Waals surface area contributed by atoms with Crippen molar-refractivity contribution in [1.29, 1.82) is 0 Å². The molecule has 2 aromatic rings. The van der Waals surface area contributed by atoms with Gasteiger partial charge < -0.3 is 11.1 Å². The Labute approximate surface area is 139 Å². The second kappa shape index (κ2) is 7.57. The number of hydrogen-bond acceptors (Lipinski definition) is 2. The van der Waals surface area contributed by atoms with Crippen LogP contribution in [-0.2, 0) is 6.42 Å². The van der Waals surface area contributed by atoms with Gasteiger partial charge in [0, 0.05) is 21.8 Å². The van der Waals surface area contributed by atoms with Crippen LogP contribution in [0.1, 0.15) is 24.5 Å². The maximum absolute atomic E-state index is 5.64. The first-order chi connectivity index (χ1) is 10.1. The summed E-state index contributed by atoms with van der Waals surface area (Å²) in [7, 11) is 0. The molecule has 3 N–H and O–H groups in total. The molecule has 0 amide bonds. The SMILES string of the molecule is CC(CCc1ccccc1)Nc1ccc(C(N)=S)cc1Br. The monoisotopic (exact) mass is 362 g/mol. The van der Waals surface area contributed by atoms with Crippen molar-refractivity contribution in [1.82, 2.24) is 0 Å². The molecule has 2 rings (SSSR count). The number of halogens is 1. The third-order valence-electron chi connectivity index (χ3n) is 3.36. The van der Waals surface area contributed by atoms with Crippen LogP contribution in [0.2, 0.25) is 0 Å². The maximum Gasteiger partial charge on any atom is 0.104 e. The number of anilines is 1. The van der Waals surface area contributed by atoms with E-state index in [0.29, 0.717) is 11.0 Å². The Bertz CT molecular complexity index is 613. The first kappa shape index (κ1) is 16.0. The highest BCUT2D eigenvalue weighted by Crippen LogP contribution is 2.25. The molecule has 0 radical (unpaired) electrons. The highest BCUT2D eigenvalue weighted by molar-refractivity contribution is 9.10. The number of benzene rings is 2. The van der Waals surface area contributed by atoms with Crippen LogP contribution in [0.3, 0.4) is 0 Å². The second-order valence-electron chi connectivity index (χ2n) is 5.13. The van der Waals surface area contributed by atoms with Crippen LogP contribution in [0.5, 0.6) is 0 Å². The molecule has 0 saturated carbocycles. The minimum Gasteiger partial charge on any atom is -0.389 e. The minimum absolute atomic E-state index is 0.386. The van der Waals surface area contributed by atoms with Gasteiger partial charge in [0.15, 0.2) is 0 Å². The zero-order valence-corrected chi connectivity index (χ0v) is 14.4. The number of aryl methyl sites for hydroxylation is 1. The van der Waals surface area contributed by atoms with Crippen molar-refractivity contribution in [3.63, 3.8) is 0 Å². The highest BCUT2D eigenvalue weighted by atomic mass is 79.9. The van der Waals surface area contributed by atoms with Gasteiger partial charge in [0.2, 0.25) is 0 Å². The second-order valence-corrected chi connectivity index (χ2v) is 6.42. The van der Waals surface area contributed by atoms with E-state index in [4.69, 9.17) is 18.0 Å². The largest absolute Gasteiger partial charge is 0.389 e. The van der Waals surface area contributed by atoms with E-state index in [0.717, 1.165) is 28.6 Å². The molecular weight excluding hydrogens is 344 g/mol. The Morgan fingerprint density at radius 2 is 1.95 bits per heavy atom. The van der Waals surface area contributed by atoms with Crippen molar-refractivity contribution in [3.05, 3.63) is 64.1 Å². The Hall–Kier alpha value is -1.39. The summed E-state index contributed by atoms with van der Waals surface area (Å²) in [5.74, 6) is 0. The molecular formula is C17H19BrN2S. The Morgan fingerprint density at radius 1 is 1.24 bits per heavy atom. The van der Waals surface area contributed by atoms with E-state index in [-0.39, 0.29) is 0 Å². The van der Waals surface area contributed by atoms with E-state index in [9.17, 15) is 0 Å². The van der Waals surface area contributed by atoms with Crippen LogP contribution in [-0.4, -0.2) is 11.0 Å². The van der Waals surface area contributed by atoms with Gasteiger partial charge in [-0.15, -0.1) is 0 Å². The predicted molar refractivity (Wildman–Crippen MR) is 97.9 cm³/mol. The van der Waals surface area contributed by atoms with Gasteiger partial charge in [-0.2, -0.15) is 0 Å². The number of nitrogens with two attached hydrogens (primary N) is 1. The number of thiocarbonyl (C=S) groups is 1. The highest BCUT2D eigenvalue weighted by Gasteiger charge is 2.07. The molecule has 110 valence electrons. The lowest BCUT2D eigenvalue weighted by molar-refractivity contribution is 0.706. The lowest BCUT2D eigenvalue weighted by Gasteiger charge is -2.17. The molecule has 1 unspecified atom stereocenters. The molecule has 0 saturated heterocycles. The Balaban J connectivity index is 1.93. The average molecular weight is 363 g/mol. The van der Waals surface area contributed by atoms with E-state index in [1.807, 2.05) is 24.3 Å². The maximum atomic E-state index is 5.64. The summed E-state index contributed by atoms with van der Waals surface area (Å²) in [5.41, 5.74) is 8.95. The lowest BCUT2D eigenvalue weighted by Crippen LogP contribution is -2.17. The fourth-order valence-electron chi connectivity index (χ4n) is 2.15. The number of rotatable bonds is 6. The molecule has 4 heteroatoms. The van der Waals surface area contributed by atoms with E-state index in [1.54, 1.807) is 0 Å². The van der Waals surface area contributed by atoms with Crippen LogP contribution in [0.4, 0.5) is 5.69 Å². The third-order valence-corrected chi connectivity index (χ3v) is 4.26. The number of hydrogen-bond donors (Lipinski definition) is 2. The summed E-state index contributed by atoms with van der Waals surface area (Å²) in [6.45, 7) is 2.19. The van der Waals surface area contributed by atoms with Crippen LogP contribution in [0.15, 0.2) is 53.0 Å². The van der Waals surface area contributed by atoms with Crippen molar-refractivity contribution in [3.8, 4) is 0 Å². The van der Waals surface area contributed by atoms with E-state index in [2.05, 4.69) is 52.4 Å². The van der Waals surface area contributed by atoms with E-state index < -0.39 is 0 Å². The Kier molecular flexibility index (Phi) is 5.76. The van der Waals surface area contributed by atoms with E-state index >= 15 is 0 Å². The van der Waals surface area contributed by atoms with Gasteiger partial charge in [-0.3, -0.25) is 0 Å². The smallest absolute Gasteiger partial charge is 0.104 e. The minimum atomic E-state index is 0.386. The summed E-state index contributed by atoms with van der Waals surface area (Å²) in [4.78, 5) is 0.416. The van der Waals surface area contributed by atoms with Gasteiger partial charge in [0.1, 0.15) is 4.99 Å². The Morgan fingerprint density at radius 3 is 2.57 bits per heavy atom. The van der Waals surface area contributed by atoms with Gasteiger partial charge in [0.25, 0.3) is 0 Å². The van der Waals surface area contributed by atoms with Gasteiger partial charge >= 0.3 is 0 Å². The molecule has 0 bridgehead atoms. The zero-order valence-electron chi connectivity index (χ0n) is 12.0. The van der Waals surface area contributed by atoms with E-state index in [1.165, 1.54) is 5.56 Å².